The van der Waals surface area contributed by atoms with Gasteiger partial charge in [0.2, 0.25) is 0 Å². The number of aromatic nitrogens is 2. The minimum absolute atomic E-state index is 0. The first-order valence-electron chi connectivity index (χ1n) is 6.15. The lowest BCUT2D eigenvalue weighted by atomic mass is 10.2. The van der Waals surface area contributed by atoms with Crippen LogP contribution >= 0.6 is 0 Å². The van der Waals surface area contributed by atoms with Crippen molar-refractivity contribution in [3.8, 4) is 5.75 Å². The van der Waals surface area contributed by atoms with Crippen molar-refractivity contribution in [2.45, 2.75) is 0 Å². The van der Waals surface area contributed by atoms with E-state index in [9.17, 15) is 5.11 Å². The van der Waals surface area contributed by atoms with Crippen LogP contribution in [0.1, 0.15) is 0 Å². The van der Waals surface area contributed by atoms with Gasteiger partial charge in [-0.05, 0) is 24.3 Å². The molecule has 2 aromatic heterocycles. The number of fused-ring (bicyclic) bond motifs is 2. The first-order chi connectivity index (χ1) is 9.84. The van der Waals surface area contributed by atoms with Crippen molar-refractivity contribution in [1.29, 1.82) is 0 Å². The number of benzene rings is 2. The number of nitrogens with zero attached hydrogens (tertiary/aromatic N) is 2. The molecule has 4 aromatic rings. The molecule has 0 saturated heterocycles. The Balaban J connectivity index is 0.000000149. The topological polar surface area (TPSA) is 59.2 Å². The molecule has 0 radical (unpaired) electrons. The predicted molar refractivity (Wildman–Crippen MR) is 87.4 cm³/mol. The average molecular weight is 294 g/mol. The van der Waals surface area contributed by atoms with Crippen LogP contribution in [0.15, 0.2) is 71.6 Å². The maximum Gasteiger partial charge on any atom is 0.187 e. The van der Waals surface area contributed by atoms with Gasteiger partial charge in [0.1, 0.15) is 16.8 Å². The summed E-state index contributed by atoms with van der Waals surface area (Å²) < 4.78 is 5.01. The fraction of sp³-hybridized carbons (Fsp3) is 0. The number of phenolic OH excluding ortho intramolecular Hbond substituents is 1. The van der Waals surface area contributed by atoms with E-state index in [-0.39, 0.29) is 23.1 Å². The maximum atomic E-state index is 9.31. The summed E-state index contributed by atoms with van der Waals surface area (Å²) in [5.74, 6) is 0.239. The number of aromatic hydroxyl groups is 1. The third-order valence-corrected chi connectivity index (χ3v) is 2.85. The van der Waals surface area contributed by atoms with E-state index in [0.717, 1.165) is 16.5 Å². The largest absolute Gasteiger partial charge is 0.506 e. The zero-order chi connectivity index (χ0) is 13.8. The second kappa shape index (κ2) is 6.89. The molecular weight excluding hydrogens is 279 g/mol. The van der Waals surface area contributed by atoms with Crippen molar-refractivity contribution < 1.29 is 9.52 Å². The van der Waals surface area contributed by atoms with Gasteiger partial charge in [-0.3, -0.25) is 4.98 Å². The highest BCUT2D eigenvalue weighted by Crippen LogP contribution is 2.20. The first-order valence-corrected chi connectivity index (χ1v) is 6.15. The molecule has 2 heterocycles. The number of hydrogen-bond acceptors (Lipinski definition) is 4. The van der Waals surface area contributed by atoms with E-state index in [1.807, 2.05) is 42.5 Å². The zero-order valence-electron chi connectivity index (χ0n) is 10.6. The third kappa shape index (κ3) is 3.40. The van der Waals surface area contributed by atoms with Crippen molar-refractivity contribution in [3.63, 3.8) is 0 Å². The summed E-state index contributed by atoms with van der Waals surface area (Å²) in [7, 11) is 0. The number of phenols is 1. The average Bonchev–Trinajstić information content (AvgIpc) is 2.97. The number of oxazole rings is 1. The highest BCUT2D eigenvalue weighted by atomic mass is 27.0. The molecule has 0 bridgehead atoms. The summed E-state index contributed by atoms with van der Waals surface area (Å²) in [4.78, 5) is 7.98. The number of hydrogen-bond donors (Lipinski definition) is 1. The van der Waals surface area contributed by atoms with Crippen molar-refractivity contribution >= 4 is 39.4 Å². The van der Waals surface area contributed by atoms with Gasteiger partial charge in [-0.2, -0.15) is 0 Å². The van der Waals surface area contributed by atoms with Gasteiger partial charge in [0, 0.05) is 11.6 Å². The van der Waals surface area contributed by atoms with E-state index in [1.54, 1.807) is 18.3 Å². The van der Waals surface area contributed by atoms with Crippen LogP contribution in [-0.2, 0) is 0 Å². The molecule has 0 amide bonds. The smallest absolute Gasteiger partial charge is 0.187 e. The van der Waals surface area contributed by atoms with Crippen LogP contribution in [-0.4, -0.2) is 32.4 Å². The molecule has 0 atom stereocenters. The Kier molecular flexibility index (Phi) is 4.94. The van der Waals surface area contributed by atoms with Gasteiger partial charge >= 0.3 is 0 Å². The highest BCUT2D eigenvalue weighted by Gasteiger charge is 1.96. The normalized spacial score (nSPS) is 9.71. The fourth-order valence-electron chi connectivity index (χ4n) is 1.89. The number of para-hydroxylation sites is 3. The van der Waals surface area contributed by atoms with Gasteiger partial charge in [0.25, 0.3) is 0 Å². The Bertz CT molecular complexity index is 810. The lowest BCUT2D eigenvalue weighted by Crippen LogP contribution is -1.76. The summed E-state index contributed by atoms with van der Waals surface area (Å²) in [5.41, 5.74) is 2.42. The van der Waals surface area contributed by atoms with Crippen molar-refractivity contribution in [3.05, 3.63) is 67.2 Å². The van der Waals surface area contributed by atoms with Gasteiger partial charge in [-0.25, -0.2) is 4.98 Å². The van der Waals surface area contributed by atoms with Crippen molar-refractivity contribution in [2.24, 2.45) is 0 Å². The van der Waals surface area contributed by atoms with Crippen LogP contribution < -0.4 is 0 Å². The Hall–Kier alpha value is -2.35. The van der Waals surface area contributed by atoms with Crippen LogP contribution in [0, 0.1) is 0 Å². The fourth-order valence-corrected chi connectivity index (χ4v) is 1.89. The Morgan fingerprint density at radius 3 is 2.48 bits per heavy atom. The highest BCUT2D eigenvalue weighted by molar-refractivity contribution is 5.83. The predicted octanol–water partition coefficient (Wildman–Crippen LogP) is 2.58. The van der Waals surface area contributed by atoms with E-state index in [2.05, 4.69) is 9.97 Å². The molecule has 4 rings (SSSR count). The van der Waals surface area contributed by atoms with E-state index >= 15 is 0 Å². The number of rotatable bonds is 0. The van der Waals surface area contributed by atoms with E-state index < -0.39 is 0 Å². The molecule has 0 aliphatic rings. The minimum atomic E-state index is 0. The van der Waals surface area contributed by atoms with Crippen molar-refractivity contribution in [1.82, 2.24) is 9.97 Å². The Labute approximate surface area is 132 Å². The van der Waals surface area contributed by atoms with Gasteiger partial charge in [-0.1, -0.05) is 30.3 Å². The van der Waals surface area contributed by atoms with Crippen LogP contribution in [0.4, 0.5) is 0 Å². The molecule has 1 N–H and O–H groups in total. The van der Waals surface area contributed by atoms with Gasteiger partial charge in [0.05, 0.1) is 0 Å². The third-order valence-electron chi connectivity index (χ3n) is 2.85. The molecule has 0 spiro atoms. The molecule has 4 nitrogen and oxygen atoms in total. The summed E-state index contributed by atoms with van der Waals surface area (Å²) in [6.07, 6.45) is 3.12. The lowest BCUT2D eigenvalue weighted by molar-refractivity contribution is 0.480. The van der Waals surface area contributed by atoms with Crippen LogP contribution in [0.5, 0.6) is 5.75 Å². The molecular formula is C16H15AlN2O2. The summed E-state index contributed by atoms with van der Waals surface area (Å²) in [5, 5.41) is 10.3. The van der Waals surface area contributed by atoms with Gasteiger partial charge in [0.15, 0.2) is 29.3 Å². The molecule has 0 saturated carbocycles. The summed E-state index contributed by atoms with van der Waals surface area (Å²) in [6.45, 7) is 0. The monoisotopic (exact) mass is 294 g/mol. The molecule has 0 fully saturated rings. The lowest BCUT2D eigenvalue weighted by Gasteiger charge is -1.96. The summed E-state index contributed by atoms with van der Waals surface area (Å²) in [6, 6.07) is 16.8. The molecule has 5 heteroatoms. The van der Waals surface area contributed by atoms with Crippen molar-refractivity contribution in [2.75, 3.05) is 0 Å². The Morgan fingerprint density at radius 1 is 0.857 bits per heavy atom. The molecule has 2 aromatic carbocycles. The molecule has 21 heavy (non-hydrogen) atoms. The van der Waals surface area contributed by atoms with E-state index in [0.29, 0.717) is 5.52 Å². The molecule has 0 aliphatic carbocycles. The Morgan fingerprint density at radius 2 is 1.67 bits per heavy atom. The SMILES string of the molecule is Oc1cccc2cccnc12.[AlH3].c1ccc2ocnc2c1. The second-order valence-corrected chi connectivity index (χ2v) is 4.17. The van der Waals surface area contributed by atoms with E-state index in [4.69, 9.17) is 4.42 Å². The maximum absolute atomic E-state index is 9.31. The quantitative estimate of drug-likeness (QED) is 0.506. The first kappa shape index (κ1) is 15.0. The van der Waals surface area contributed by atoms with E-state index in [1.165, 1.54) is 6.39 Å². The number of pyridine rings is 1. The van der Waals surface area contributed by atoms with Gasteiger partial charge in [-0.15, -0.1) is 0 Å². The standard InChI is InChI=1S/C9H7NO.C7H5NO.Al.3H/c11-8-5-1-3-7-4-2-6-10-9(7)8;1-2-4-7-6(3-1)8-5-9-7;;;;/h1-6,11H;1-5H;;;;. The second-order valence-electron chi connectivity index (χ2n) is 4.17. The van der Waals surface area contributed by atoms with Crippen LogP contribution in [0.2, 0.25) is 0 Å². The zero-order valence-corrected chi connectivity index (χ0v) is 10.6. The molecule has 0 unspecified atom stereocenters. The van der Waals surface area contributed by atoms with Crippen LogP contribution in [0.3, 0.4) is 0 Å². The summed E-state index contributed by atoms with van der Waals surface area (Å²) >= 11 is 0. The molecule has 104 valence electrons. The van der Waals surface area contributed by atoms with Crippen LogP contribution in [0.25, 0.3) is 22.0 Å². The minimum Gasteiger partial charge on any atom is -0.506 e. The molecule has 0 aliphatic heterocycles. The van der Waals surface area contributed by atoms with Gasteiger partial charge < -0.3 is 9.52 Å².